The second kappa shape index (κ2) is 9.70. The van der Waals surface area contributed by atoms with E-state index in [1.807, 2.05) is 0 Å². The Kier molecular flexibility index (Phi) is 8.28. The van der Waals surface area contributed by atoms with Crippen molar-refractivity contribution in [1.82, 2.24) is 4.98 Å². The van der Waals surface area contributed by atoms with Gasteiger partial charge in [-0.25, -0.2) is 0 Å². The van der Waals surface area contributed by atoms with Crippen LogP contribution in [-0.4, -0.2) is 11.7 Å². The van der Waals surface area contributed by atoms with E-state index in [0.717, 1.165) is 6.42 Å². The van der Waals surface area contributed by atoms with Crippen molar-refractivity contribution in [2.75, 3.05) is 0 Å². The van der Waals surface area contributed by atoms with Crippen LogP contribution >= 0.6 is 0 Å². The zero-order valence-corrected chi connectivity index (χ0v) is 17.4. The molecule has 0 spiro atoms. The van der Waals surface area contributed by atoms with Gasteiger partial charge >= 0.3 is 0 Å². The first-order chi connectivity index (χ1) is 11.7. The van der Waals surface area contributed by atoms with Gasteiger partial charge in [-0.15, -0.1) is 0 Å². The predicted octanol–water partition coefficient (Wildman–Crippen LogP) is 6.69. The topological polar surface area (TPSA) is 25.2 Å². The summed E-state index contributed by atoms with van der Waals surface area (Å²) in [6, 6.07) is 4.49. The van der Waals surface area contributed by atoms with Crippen LogP contribution in [-0.2, 0) is 6.42 Å². The Balaban J connectivity index is 3.14. The minimum Gasteiger partial charge on any atom is -0.273 e. The van der Waals surface area contributed by atoms with Crippen LogP contribution in [0.5, 0.6) is 0 Å². The third-order valence-corrected chi connectivity index (χ3v) is 4.88. The second-order valence-electron chi connectivity index (χ2n) is 7.98. The van der Waals surface area contributed by atoms with Gasteiger partial charge in [-0.2, -0.15) is 0 Å². The van der Waals surface area contributed by atoms with Crippen LogP contribution in [0.3, 0.4) is 0 Å². The lowest BCUT2D eigenvalue weighted by atomic mass is 9.87. The average molecular weight is 341 g/mol. The van der Waals surface area contributed by atoms with Crippen LogP contribution in [0.2, 0.25) is 0 Å². The van der Waals surface area contributed by atoms with Crippen molar-refractivity contribution in [2.45, 2.75) is 73.6 Å². The number of aromatic nitrogens is 1. The van der Waals surface area contributed by atoms with E-state index in [-0.39, 0.29) is 0 Å². The molecule has 1 heterocycles. The summed E-state index contributed by atoms with van der Waals surface area (Å²) in [6.45, 7) is 21.5. The summed E-state index contributed by atoms with van der Waals surface area (Å²) in [7, 11) is 0. The number of hydrogen-bond acceptors (Lipinski definition) is 2. The SMILES string of the molecule is C=N/C=C\C(=C(/C)C(C)Cc1ccc(C(C)C)c(C(C)C)n1)C(C)C. The maximum Gasteiger partial charge on any atom is 0.0466 e. The molecule has 2 nitrogen and oxygen atoms in total. The van der Waals surface area contributed by atoms with Gasteiger partial charge in [0.25, 0.3) is 0 Å². The Morgan fingerprint density at radius 2 is 1.72 bits per heavy atom. The number of rotatable bonds is 8. The van der Waals surface area contributed by atoms with Crippen LogP contribution in [0.25, 0.3) is 0 Å². The Bertz CT molecular complexity index is 633. The minimum absolute atomic E-state index is 0.448. The van der Waals surface area contributed by atoms with Gasteiger partial charge in [-0.05, 0) is 67.0 Å². The van der Waals surface area contributed by atoms with Gasteiger partial charge in [0.2, 0.25) is 0 Å². The lowest BCUT2D eigenvalue weighted by molar-refractivity contribution is 0.631. The van der Waals surface area contributed by atoms with E-state index in [1.165, 1.54) is 28.1 Å². The first-order valence-electron chi connectivity index (χ1n) is 9.51. The molecule has 0 N–H and O–H groups in total. The van der Waals surface area contributed by atoms with Gasteiger partial charge in [0.05, 0.1) is 0 Å². The largest absolute Gasteiger partial charge is 0.273 e. The molecule has 138 valence electrons. The minimum atomic E-state index is 0.448. The summed E-state index contributed by atoms with van der Waals surface area (Å²) in [4.78, 5) is 8.88. The molecule has 0 aliphatic carbocycles. The Morgan fingerprint density at radius 1 is 1.08 bits per heavy atom. The van der Waals surface area contributed by atoms with Crippen LogP contribution in [0.4, 0.5) is 0 Å². The molecule has 0 saturated heterocycles. The van der Waals surface area contributed by atoms with Gasteiger partial charge in [-0.1, -0.05) is 60.1 Å². The zero-order valence-electron chi connectivity index (χ0n) is 17.4. The van der Waals surface area contributed by atoms with Crippen molar-refractivity contribution in [1.29, 1.82) is 0 Å². The number of aliphatic imine (C=N–C) groups is 1. The van der Waals surface area contributed by atoms with Crippen molar-refractivity contribution in [2.24, 2.45) is 16.8 Å². The summed E-state index contributed by atoms with van der Waals surface area (Å²) in [6.07, 6.45) is 4.85. The molecule has 2 heteroatoms. The molecule has 25 heavy (non-hydrogen) atoms. The Labute approximate surface area is 155 Å². The van der Waals surface area contributed by atoms with Crippen LogP contribution < -0.4 is 0 Å². The first-order valence-corrected chi connectivity index (χ1v) is 9.51. The molecular formula is C23H36N2. The van der Waals surface area contributed by atoms with Gasteiger partial charge < -0.3 is 0 Å². The molecule has 0 aliphatic heterocycles. The molecule has 0 radical (unpaired) electrons. The van der Waals surface area contributed by atoms with Crippen LogP contribution in [0, 0.1) is 11.8 Å². The van der Waals surface area contributed by atoms with E-state index >= 15 is 0 Å². The van der Waals surface area contributed by atoms with Crippen molar-refractivity contribution >= 4 is 6.72 Å². The fourth-order valence-corrected chi connectivity index (χ4v) is 3.26. The lowest BCUT2D eigenvalue weighted by Crippen LogP contribution is -2.10. The maximum atomic E-state index is 5.01. The number of allylic oxidation sites excluding steroid dienone is 3. The second-order valence-corrected chi connectivity index (χ2v) is 7.98. The zero-order chi connectivity index (χ0) is 19.1. The van der Waals surface area contributed by atoms with Gasteiger partial charge in [-0.3, -0.25) is 9.98 Å². The Hall–Kier alpha value is -1.70. The third-order valence-electron chi connectivity index (χ3n) is 4.88. The quantitative estimate of drug-likeness (QED) is 0.382. The van der Waals surface area contributed by atoms with Crippen LogP contribution in [0.1, 0.15) is 84.2 Å². The molecule has 0 saturated carbocycles. The summed E-state index contributed by atoms with van der Waals surface area (Å²) < 4.78 is 0. The number of hydrogen-bond donors (Lipinski definition) is 0. The molecular weight excluding hydrogens is 304 g/mol. The van der Waals surface area contributed by atoms with E-state index in [2.05, 4.69) is 85.3 Å². The van der Waals surface area contributed by atoms with Gasteiger partial charge in [0.1, 0.15) is 0 Å². The van der Waals surface area contributed by atoms with Gasteiger partial charge in [0, 0.05) is 17.6 Å². The molecule has 0 amide bonds. The van der Waals surface area contributed by atoms with Crippen molar-refractivity contribution in [3.8, 4) is 0 Å². The molecule has 1 aromatic heterocycles. The smallest absolute Gasteiger partial charge is 0.0466 e. The first kappa shape index (κ1) is 21.3. The fourth-order valence-electron chi connectivity index (χ4n) is 3.26. The fraction of sp³-hybridized carbons (Fsp3) is 0.565. The standard InChI is InChI=1S/C23H36N2/c1-15(2)21(12-13-24-9)19(8)18(7)14-20-10-11-22(16(3)4)23(25-20)17(5)6/h10-13,15-18H,9,14H2,1-8H3/b13-12-,21-19-. The highest BCUT2D eigenvalue weighted by molar-refractivity contribution is 5.32. The summed E-state index contributed by atoms with van der Waals surface area (Å²) >= 11 is 0. The van der Waals surface area contributed by atoms with Crippen molar-refractivity contribution in [3.63, 3.8) is 0 Å². The molecule has 1 unspecified atom stereocenters. The average Bonchev–Trinajstić information content (AvgIpc) is 2.54. The normalized spacial score (nSPS) is 14.5. The molecule has 0 bridgehead atoms. The Morgan fingerprint density at radius 3 is 2.20 bits per heavy atom. The van der Waals surface area contributed by atoms with Crippen molar-refractivity contribution < 1.29 is 0 Å². The van der Waals surface area contributed by atoms with E-state index in [4.69, 9.17) is 4.98 Å². The molecule has 0 aliphatic rings. The number of pyridine rings is 1. The molecule has 1 aromatic rings. The van der Waals surface area contributed by atoms with Crippen molar-refractivity contribution in [3.05, 3.63) is 52.5 Å². The van der Waals surface area contributed by atoms with Gasteiger partial charge in [0.15, 0.2) is 0 Å². The maximum absolute atomic E-state index is 5.01. The van der Waals surface area contributed by atoms with Crippen LogP contribution in [0.15, 0.2) is 40.5 Å². The third kappa shape index (κ3) is 5.95. The molecule has 1 rings (SSSR count). The van der Waals surface area contributed by atoms with E-state index < -0.39 is 0 Å². The highest BCUT2D eigenvalue weighted by Crippen LogP contribution is 2.28. The van der Waals surface area contributed by atoms with E-state index in [0.29, 0.717) is 23.7 Å². The lowest BCUT2D eigenvalue weighted by Gasteiger charge is -2.20. The summed E-state index contributed by atoms with van der Waals surface area (Å²) in [5, 5.41) is 0. The number of nitrogens with zero attached hydrogens (tertiary/aromatic N) is 2. The highest BCUT2D eigenvalue weighted by atomic mass is 14.7. The predicted molar refractivity (Wildman–Crippen MR) is 112 cm³/mol. The van der Waals surface area contributed by atoms with E-state index in [1.54, 1.807) is 6.20 Å². The highest BCUT2D eigenvalue weighted by Gasteiger charge is 2.16. The molecule has 1 atom stereocenters. The molecule has 0 fully saturated rings. The van der Waals surface area contributed by atoms with E-state index in [9.17, 15) is 0 Å². The summed E-state index contributed by atoms with van der Waals surface area (Å²) in [5.74, 6) is 1.89. The summed E-state index contributed by atoms with van der Waals surface area (Å²) in [5.41, 5.74) is 6.58. The monoisotopic (exact) mass is 340 g/mol. The molecule has 0 aromatic carbocycles.